The maximum absolute atomic E-state index is 11.8. The van der Waals surface area contributed by atoms with E-state index in [4.69, 9.17) is 11.5 Å². The zero-order valence-electron chi connectivity index (χ0n) is 10.9. The molecule has 0 spiro atoms. The molecular weight excluding hydrogens is 346 g/mol. The maximum Gasteiger partial charge on any atom is 0.312 e. The van der Waals surface area contributed by atoms with Crippen LogP contribution in [-0.2, 0) is 4.79 Å². The van der Waals surface area contributed by atoms with Crippen LogP contribution in [0.5, 0.6) is 0 Å². The predicted molar refractivity (Wildman–Crippen MR) is 77.1 cm³/mol. The van der Waals surface area contributed by atoms with Crippen LogP contribution >= 0.6 is 15.9 Å². The second-order valence-corrected chi connectivity index (χ2v) is 4.56. The van der Waals surface area contributed by atoms with Gasteiger partial charge < -0.3 is 27.4 Å². The second-order valence-electron chi connectivity index (χ2n) is 3.75. The number of carbonyl (C=O) groups is 3. The lowest BCUT2D eigenvalue weighted by molar-refractivity contribution is -0.120. The van der Waals surface area contributed by atoms with Crippen molar-refractivity contribution < 1.29 is 14.4 Å². The number of urea groups is 1. The molecule has 10 nitrogen and oxygen atoms in total. The van der Waals surface area contributed by atoms with Gasteiger partial charge in [0.25, 0.3) is 5.91 Å². The Labute approximate surface area is 128 Å². The highest BCUT2D eigenvalue weighted by Gasteiger charge is 2.12. The number of anilines is 1. The summed E-state index contributed by atoms with van der Waals surface area (Å²) in [6.07, 6.45) is 1.37. The van der Waals surface area contributed by atoms with Crippen molar-refractivity contribution in [3.63, 3.8) is 0 Å². The highest BCUT2D eigenvalue weighted by atomic mass is 79.9. The van der Waals surface area contributed by atoms with Crippen LogP contribution in [0.2, 0.25) is 0 Å². The van der Waals surface area contributed by atoms with Crippen LogP contribution in [-0.4, -0.2) is 47.4 Å². The zero-order valence-corrected chi connectivity index (χ0v) is 12.4. The van der Waals surface area contributed by atoms with E-state index in [-0.39, 0.29) is 31.1 Å². The lowest BCUT2D eigenvalue weighted by Crippen LogP contribution is -2.42. The van der Waals surface area contributed by atoms with Crippen LogP contribution in [0.15, 0.2) is 10.8 Å². The maximum atomic E-state index is 11.8. The van der Waals surface area contributed by atoms with Gasteiger partial charge in [-0.05, 0) is 15.9 Å². The van der Waals surface area contributed by atoms with Gasteiger partial charge in [-0.3, -0.25) is 9.59 Å². The Morgan fingerprint density at radius 3 is 2.52 bits per heavy atom. The molecule has 0 aliphatic heterocycles. The first-order chi connectivity index (χ1) is 9.90. The van der Waals surface area contributed by atoms with Crippen molar-refractivity contribution in [1.29, 1.82) is 0 Å². The number of amides is 4. The number of halogens is 1. The van der Waals surface area contributed by atoms with E-state index in [1.165, 1.54) is 6.20 Å². The fraction of sp³-hybridized carbons (Fsp3) is 0.300. The first-order valence-electron chi connectivity index (χ1n) is 5.76. The Balaban J connectivity index is 2.32. The van der Waals surface area contributed by atoms with Crippen LogP contribution in [0.25, 0.3) is 0 Å². The average Bonchev–Trinajstić information content (AvgIpc) is 2.43. The summed E-state index contributed by atoms with van der Waals surface area (Å²) in [5, 5.41) is 7.12. The van der Waals surface area contributed by atoms with Crippen LogP contribution in [0.1, 0.15) is 10.5 Å². The summed E-state index contributed by atoms with van der Waals surface area (Å²) in [4.78, 5) is 41.1. The molecule has 21 heavy (non-hydrogen) atoms. The Hall–Kier alpha value is -2.43. The van der Waals surface area contributed by atoms with E-state index < -0.39 is 17.8 Å². The number of primary amides is 1. The van der Waals surface area contributed by atoms with Crippen molar-refractivity contribution in [3.8, 4) is 0 Å². The number of nitrogen functional groups attached to an aromatic ring is 1. The van der Waals surface area contributed by atoms with E-state index in [9.17, 15) is 14.4 Å². The monoisotopic (exact) mass is 359 g/mol. The van der Waals surface area contributed by atoms with Gasteiger partial charge in [0.2, 0.25) is 5.91 Å². The van der Waals surface area contributed by atoms with E-state index in [1.807, 2.05) is 0 Å². The van der Waals surface area contributed by atoms with E-state index in [1.54, 1.807) is 0 Å². The summed E-state index contributed by atoms with van der Waals surface area (Å²) in [7, 11) is 0. The number of hydrogen-bond donors (Lipinski definition) is 5. The molecule has 0 radical (unpaired) electrons. The molecule has 0 bridgehead atoms. The quantitative estimate of drug-likeness (QED) is 0.381. The van der Waals surface area contributed by atoms with E-state index >= 15 is 0 Å². The fourth-order valence-corrected chi connectivity index (χ4v) is 1.52. The molecule has 0 atom stereocenters. The topological polar surface area (TPSA) is 165 Å². The first-order valence-corrected chi connectivity index (χ1v) is 6.55. The Morgan fingerprint density at radius 1 is 1.19 bits per heavy atom. The smallest absolute Gasteiger partial charge is 0.312 e. The number of aromatic nitrogens is 2. The van der Waals surface area contributed by atoms with Crippen LogP contribution in [0.4, 0.5) is 10.6 Å². The molecule has 114 valence electrons. The molecule has 7 N–H and O–H groups in total. The molecule has 4 amide bonds. The molecule has 1 rings (SSSR count). The second kappa shape index (κ2) is 7.99. The molecule has 0 unspecified atom stereocenters. The van der Waals surface area contributed by atoms with Gasteiger partial charge in [-0.25, -0.2) is 14.8 Å². The lowest BCUT2D eigenvalue weighted by atomic mass is 10.4. The van der Waals surface area contributed by atoms with Gasteiger partial charge in [-0.1, -0.05) is 0 Å². The van der Waals surface area contributed by atoms with Crippen molar-refractivity contribution in [2.75, 3.05) is 25.4 Å². The third-order valence-corrected chi connectivity index (χ3v) is 2.52. The molecule has 1 aromatic rings. The summed E-state index contributed by atoms with van der Waals surface area (Å²) < 4.78 is 0.382. The van der Waals surface area contributed by atoms with Crippen LogP contribution < -0.4 is 27.4 Å². The predicted octanol–water partition coefficient (Wildman–Crippen LogP) is -1.66. The van der Waals surface area contributed by atoms with E-state index in [2.05, 4.69) is 41.8 Å². The van der Waals surface area contributed by atoms with Gasteiger partial charge in [-0.15, -0.1) is 0 Å². The van der Waals surface area contributed by atoms with Gasteiger partial charge in [-0.2, -0.15) is 0 Å². The standard InChI is InChI=1S/C10H14BrN7O3/c11-5-3-16-8(12)7(18-5)9(20)15-2-1-14-6(19)4-17-10(13)21/h3H,1-2,4H2,(H2,12,16)(H,14,19)(H,15,20)(H3,13,17,21). The molecule has 0 aliphatic carbocycles. The highest BCUT2D eigenvalue weighted by molar-refractivity contribution is 9.10. The number of nitrogens with one attached hydrogen (secondary N) is 3. The van der Waals surface area contributed by atoms with Crippen LogP contribution in [0.3, 0.4) is 0 Å². The third-order valence-electron chi connectivity index (χ3n) is 2.14. The number of rotatable bonds is 6. The molecule has 0 saturated heterocycles. The molecular formula is C10H14BrN7O3. The van der Waals surface area contributed by atoms with Crippen molar-refractivity contribution in [2.45, 2.75) is 0 Å². The highest BCUT2D eigenvalue weighted by Crippen LogP contribution is 2.09. The minimum absolute atomic E-state index is 0.00499. The van der Waals surface area contributed by atoms with Crippen molar-refractivity contribution in [1.82, 2.24) is 25.9 Å². The Morgan fingerprint density at radius 2 is 1.86 bits per heavy atom. The summed E-state index contributed by atoms with van der Waals surface area (Å²) in [6, 6.07) is -0.790. The molecule has 1 heterocycles. The lowest BCUT2D eigenvalue weighted by Gasteiger charge is -2.08. The number of nitrogens with two attached hydrogens (primary N) is 2. The minimum Gasteiger partial charge on any atom is -0.382 e. The van der Waals surface area contributed by atoms with Gasteiger partial charge in [0.05, 0.1) is 12.7 Å². The number of hydrogen-bond acceptors (Lipinski definition) is 6. The molecule has 11 heteroatoms. The normalized spacial score (nSPS) is 9.76. The number of carbonyl (C=O) groups excluding carboxylic acids is 3. The zero-order chi connectivity index (χ0) is 15.8. The molecule has 0 fully saturated rings. The fourth-order valence-electron chi connectivity index (χ4n) is 1.24. The van der Waals surface area contributed by atoms with Crippen molar-refractivity contribution >= 4 is 39.6 Å². The number of nitrogens with zero attached hydrogens (tertiary/aromatic N) is 2. The first kappa shape index (κ1) is 16.6. The minimum atomic E-state index is -0.790. The Bertz CT molecular complexity index is 551. The largest absolute Gasteiger partial charge is 0.382 e. The third kappa shape index (κ3) is 6.03. The SMILES string of the molecule is NC(=O)NCC(=O)NCCNC(=O)c1nc(Br)cnc1N. The van der Waals surface area contributed by atoms with Gasteiger partial charge in [0, 0.05) is 13.1 Å². The summed E-state index contributed by atoms with van der Waals surface area (Å²) in [5.74, 6) is -0.930. The molecule has 0 saturated carbocycles. The summed E-state index contributed by atoms with van der Waals surface area (Å²) in [5.41, 5.74) is 10.3. The average molecular weight is 360 g/mol. The van der Waals surface area contributed by atoms with Gasteiger partial charge in [0.15, 0.2) is 11.5 Å². The molecule has 1 aromatic heterocycles. The van der Waals surface area contributed by atoms with Crippen molar-refractivity contribution in [3.05, 3.63) is 16.5 Å². The Kier molecular flexibility index (Phi) is 6.33. The summed E-state index contributed by atoms with van der Waals surface area (Å²) in [6.45, 7) is 0.106. The van der Waals surface area contributed by atoms with E-state index in [0.29, 0.717) is 4.60 Å². The molecule has 0 aliphatic rings. The van der Waals surface area contributed by atoms with E-state index in [0.717, 1.165) is 0 Å². The van der Waals surface area contributed by atoms with Crippen molar-refractivity contribution in [2.24, 2.45) is 5.73 Å². The summed E-state index contributed by atoms with van der Waals surface area (Å²) >= 11 is 3.08. The van der Waals surface area contributed by atoms with Gasteiger partial charge in [0.1, 0.15) is 4.60 Å². The van der Waals surface area contributed by atoms with Gasteiger partial charge >= 0.3 is 6.03 Å². The molecule has 0 aromatic carbocycles. The van der Waals surface area contributed by atoms with Crippen LogP contribution in [0, 0.1) is 0 Å².